The van der Waals surface area contributed by atoms with E-state index in [4.69, 9.17) is 11.6 Å². The SMILES string of the molecule is CCC(C)N(CCNC(=O)c1c(F)cccc1Cl)C(C)=O. The van der Waals surface area contributed by atoms with Crippen molar-refractivity contribution >= 4 is 23.4 Å². The molecule has 0 radical (unpaired) electrons. The van der Waals surface area contributed by atoms with Crippen molar-refractivity contribution in [3.63, 3.8) is 0 Å². The normalized spacial score (nSPS) is 11.9. The standard InChI is InChI=1S/C15H20ClFN2O2/c1-4-10(2)19(11(3)20)9-8-18-15(21)14-12(16)6-5-7-13(14)17/h5-7,10H,4,8-9H2,1-3H3,(H,18,21). The molecule has 4 nitrogen and oxygen atoms in total. The van der Waals surface area contributed by atoms with Gasteiger partial charge in [0.25, 0.3) is 5.91 Å². The average molecular weight is 315 g/mol. The van der Waals surface area contributed by atoms with Gasteiger partial charge in [-0.05, 0) is 25.5 Å². The van der Waals surface area contributed by atoms with Gasteiger partial charge in [0.2, 0.25) is 5.91 Å². The maximum absolute atomic E-state index is 13.6. The Bertz CT molecular complexity index is 502. The third kappa shape index (κ3) is 4.70. The molecule has 0 heterocycles. The molecule has 1 aromatic carbocycles. The molecule has 1 aromatic rings. The van der Waals surface area contributed by atoms with Gasteiger partial charge in [0, 0.05) is 26.1 Å². The molecule has 0 aliphatic rings. The lowest BCUT2D eigenvalue weighted by atomic mass is 10.2. The average Bonchev–Trinajstić information content (AvgIpc) is 2.42. The van der Waals surface area contributed by atoms with E-state index in [0.29, 0.717) is 6.54 Å². The molecular weight excluding hydrogens is 295 g/mol. The van der Waals surface area contributed by atoms with Crippen LogP contribution >= 0.6 is 11.6 Å². The van der Waals surface area contributed by atoms with E-state index >= 15 is 0 Å². The first-order valence-electron chi connectivity index (χ1n) is 6.87. The van der Waals surface area contributed by atoms with Crippen LogP contribution in [-0.4, -0.2) is 35.8 Å². The van der Waals surface area contributed by atoms with Crippen LogP contribution in [0.25, 0.3) is 0 Å². The molecule has 1 N–H and O–H groups in total. The Morgan fingerprint density at radius 1 is 1.43 bits per heavy atom. The Morgan fingerprint density at radius 2 is 2.10 bits per heavy atom. The molecule has 116 valence electrons. The Morgan fingerprint density at radius 3 is 2.62 bits per heavy atom. The van der Waals surface area contributed by atoms with Gasteiger partial charge in [-0.1, -0.05) is 24.6 Å². The van der Waals surface area contributed by atoms with E-state index in [1.807, 2.05) is 13.8 Å². The van der Waals surface area contributed by atoms with E-state index in [1.54, 1.807) is 4.90 Å². The summed E-state index contributed by atoms with van der Waals surface area (Å²) >= 11 is 5.82. The highest BCUT2D eigenvalue weighted by atomic mass is 35.5. The number of carbonyl (C=O) groups is 2. The summed E-state index contributed by atoms with van der Waals surface area (Å²) in [4.78, 5) is 25.1. The summed E-state index contributed by atoms with van der Waals surface area (Å²) in [6, 6.07) is 4.17. The Hall–Kier alpha value is -1.62. The molecular formula is C15H20ClFN2O2. The maximum atomic E-state index is 13.6. The molecule has 1 unspecified atom stereocenters. The number of halogens is 2. The third-order valence-electron chi connectivity index (χ3n) is 3.36. The van der Waals surface area contributed by atoms with Crippen molar-refractivity contribution in [3.8, 4) is 0 Å². The molecule has 0 aromatic heterocycles. The van der Waals surface area contributed by atoms with Crippen LogP contribution in [0, 0.1) is 5.82 Å². The molecule has 0 saturated heterocycles. The highest BCUT2D eigenvalue weighted by Gasteiger charge is 2.17. The quantitative estimate of drug-likeness (QED) is 0.877. The Balaban J connectivity index is 2.63. The van der Waals surface area contributed by atoms with E-state index in [1.165, 1.54) is 25.1 Å². The number of rotatable bonds is 6. The van der Waals surface area contributed by atoms with Gasteiger partial charge < -0.3 is 10.2 Å². The molecule has 6 heteroatoms. The minimum absolute atomic E-state index is 0.0532. The molecule has 1 atom stereocenters. The van der Waals surface area contributed by atoms with E-state index in [0.717, 1.165) is 6.42 Å². The van der Waals surface area contributed by atoms with Crippen LogP contribution in [0.4, 0.5) is 4.39 Å². The van der Waals surface area contributed by atoms with Gasteiger partial charge >= 0.3 is 0 Å². The highest BCUT2D eigenvalue weighted by molar-refractivity contribution is 6.33. The summed E-state index contributed by atoms with van der Waals surface area (Å²) in [5, 5.41) is 2.66. The maximum Gasteiger partial charge on any atom is 0.255 e. The van der Waals surface area contributed by atoms with Crippen molar-refractivity contribution in [1.29, 1.82) is 0 Å². The number of nitrogens with zero attached hydrogens (tertiary/aromatic N) is 1. The second-order valence-electron chi connectivity index (χ2n) is 4.82. The molecule has 0 aliphatic heterocycles. The fourth-order valence-corrected chi connectivity index (χ4v) is 2.25. The molecule has 0 saturated carbocycles. The van der Waals surface area contributed by atoms with Crippen LogP contribution < -0.4 is 5.32 Å². The first-order valence-corrected chi connectivity index (χ1v) is 7.25. The van der Waals surface area contributed by atoms with Gasteiger partial charge in [0.05, 0.1) is 10.6 Å². The van der Waals surface area contributed by atoms with Gasteiger partial charge in [-0.2, -0.15) is 0 Å². The second-order valence-corrected chi connectivity index (χ2v) is 5.23. The van der Waals surface area contributed by atoms with Crippen molar-refractivity contribution in [2.24, 2.45) is 0 Å². The molecule has 0 bridgehead atoms. The van der Waals surface area contributed by atoms with Crippen LogP contribution in [0.5, 0.6) is 0 Å². The van der Waals surface area contributed by atoms with Crippen molar-refractivity contribution < 1.29 is 14.0 Å². The first kappa shape index (κ1) is 17.4. The summed E-state index contributed by atoms with van der Waals surface area (Å²) in [5.41, 5.74) is -0.169. The monoisotopic (exact) mass is 314 g/mol. The molecule has 0 fully saturated rings. The van der Waals surface area contributed by atoms with Crippen LogP contribution in [-0.2, 0) is 4.79 Å². The predicted molar refractivity (Wildman–Crippen MR) is 80.9 cm³/mol. The van der Waals surface area contributed by atoms with E-state index in [-0.39, 0.29) is 29.1 Å². The summed E-state index contributed by atoms with van der Waals surface area (Å²) in [6.45, 7) is 6.03. The van der Waals surface area contributed by atoms with Crippen LogP contribution in [0.15, 0.2) is 18.2 Å². The minimum atomic E-state index is -0.662. The summed E-state index contributed by atoms with van der Waals surface area (Å²) in [6.07, 6.45) is 0.826. The van der Waals surface area contributed by atoms with E-state index in [9.17, 15) is 14.0 Å². The summed E-state index contributed by atoms with van der Waals surface area (Å²) in [5.74, 6) is -1.29. The van der Waals surface area contributed by atoms with Crippen molar-refractivity contribution in [2.45, 2.75) is 33.2 Å². The summed E-state index contributed by atoms with van der Waals surface area (Å²) in [7, 11) is 0. The van der Waals surface area contributed by atoms with Gasteiger partial charge in [-0.3, -0.25) is 9.59 Å². The molecule has 0 aliphatic carbocycles. The van der Waals surface area contributed by atoms with Gasteiger partial charge in [0.15, 0.2) is 0 Å². The number of carbonyl (C=O) groups excluding carboxylic acids is 2. The van der Waals surface area contributed by atoms with Crippen LogP contribution in [0.3, 0.4) is 0 Å². The molecule has 0 spiro atoms. The van der Waals surface area contributed by atoms with Crippen LogP contribution in [0.1, 0.15) is 37.6 Å². The number of nitrogens with one attached hydrogen (secondary N) is 1. The highest BCUT2D eigenvalue weighted by Crippen LogP contribution is 2.18. The van der Waals surface area contributed by atoms with Crippen molar-refractivity contribution in [1.82, 2.24) is 10.2 Å². The zero-order valence-electron chi connectivity index (χ0n) is 12.5. The largest absolute Gasteiger partial charge is 0.350 e. The zero-order valence-corrected chi connectivity index (χ0v) is 13.2. The second kappa shape index (κ2) is 7.98. The molecule has 1 rings (SSSR count). The first-order chi connectivity index (χ1) is 9.88. The third-order valence-corrected chi connectivity index (χ3v) is 3.67. The Labute approximate surface area is 129 Å². The minimum Gasteiger partial charge on any atom is -0.350 e. The molecule has 2 amide bonds. The molecule has 21 heavy (non-hydrogen) atoms. The van der Waals surface area contributed by atoms with Gasteiger partial charge in [0.1, 0.15) is 5.82 Å². The van der Waals surface area contributed by atoms with E-state index < -0.39 is 11.7 Å². The Kier molecular flexibility index (Phi) is 6.62. The zero-order chi connectivity index (χ0) is 16.0. The topological polar surface area (TPSA) is 49.4 Å². The number of amides is 2. The van der Waals surface area contributed by atoms with Gasteiger partial charge in [-0.15, -0.1) is 0 Å². The number of benzene rings is 1. The lowest BCUT2D eigenvalue weighted by Gasteiger charge is -2.27. The lowest BCUT2D eigenvalue weighted by Crippen LogP contribution is -2.42. The van der Waals surface area contributed by atoms with E-state index in [2.05, 4.69) is 5.32 Å². The van der Waals surface area contributed by atoms with Crippen molar-refractivity contribution in [3.05, 3.63) is 34.6 Å². The lowest BCUT2D eigenvalue weighted by molar-refractivity contribution is -0.130. The fraction of sp³-hybridized carbons (Fsp3) is 0.467. The van der Waals surface area contributed by atoms with Gasteiger partial charge in [-0.25, -0.2) is 4.39 Å². The van der Waals surface area contributed by atoms with Crippen LogP contribution in [0.2, 0.25) is 5.02 Å². The number of hydrogen-bond acceptors (Lipinski definition) is 2. The van der Waals surface area contributed by atoms with Crippen molar-refractivity contribution in [2.75, 3.05) is 13.1 Å². The number of hydrogen-bond donors (Lipinski definition) is 1. The predicted octanol–water partition coefficient (Wildman–Crippen LogP) is 2.86. The fourth-order valence-electron chi connectivity index (χ4n) is 2.00. The summed E-state index contributed by atoms with van der Waals surface area (Å²) < 4.78 is 13.6. The smallest absolute Gasteiger partial charge is 0.255 e.